The van der Waals surface area contributed by atoms with Crippen LogP contribution in [0.15, 0.2) is 108 Å². The Kier molecular flexibility index (Phi) is 6.45. The summed E-state index contributed by atoms with van der Waals surface area (Å²) in [6.45, 7) is 0. The van der Waals surface area contributed by atoms with Gasteiger partial charge in [0.15, 0.2) is 0 Å². The maximum Gasteiger partial charge on any atom is 0.295 e. The minimum atomic E-state index is -4.38. The van der Waals surface area contributed by atoms with Gasteiger partial charge in [0.2, 0.25) is 0 Å². The molecular weight excluding hydrogens is 416 g/mol. The van der Waals surface area contributed by atoms with Crippen molar-refractivity contribution in [3.05, 3.63) is 125 Å². The van der Waals surface area contributed by atoms with Crippen molar-refractivity contribution in [2.75, 3.05) is 0 Å². The molecule has 3 nitrogen and oxygen atoms in total. The van der Waals surface area contributed by atoms with E-state index in [0.717, 1.165) is 27.8 Å². The Labute approximate surface area is 188 Å². The van der Waals surface area contributed by atoms with Crippen molar-refractivity contribution >= 4 is 34.4 Å². The van der Waals surface area contributed by atoms with Crippen molar-refractivity contribution < 1.29 is 13.0 Å². The highest BCUT2D eigenvalue weighted by atomic mass is 32.2. The predicted octanol–water partition coefficient (Wildman–Crippen LogP) is 6.94. The minimum absolute atomic E-state index is 0.112. The molecule has 0 unspecified atom stereocenters. The molecule has 4 rings (SSSR count). The summed E-state index contributed by atoms with van der Waals surface area (Å²) >= 11 is 0. The first-order valence-corrected chi connectivity index (χ1v) is 11.6. The summed E-state index contributed by atoms with van der Waals surface area (Å²) < 4.78 is 33.9. The zero-order chi connectivity index (χ0) is 22.4. The number of benzene rings is 4. The molecule has 0 spiro atoms. The zero-order valence-corrected chi connectivity index (χ0v) is 18.1. The molecule has 1 N–H and O–H groups in total. The van der Waals surface area contributed by atoms with Crippen LogP contribution in [0.25, 0.3) is 35.4 Å². The molecule has 0 fully saturated rings. The van der Waals surface area contributed by atoms with Gasteiger partial charge >= 0.3 is 0 Å². The van der Waals surface area contributed by atoms with E-state index in [1.54, 1.807) is 18.2 Å². The third-order valence-corrected chi connectivity index (χ3v) is 6.00. The van der Waals surface area contributed by atoms with Gasteiger partial charge in [-0.05, 0) is 33.9 Å². The van der Waals surface area contributed by atoms with Crippen LogP contribution < -0.4 is 0 Å². The molecule has 0 aliphatic rings. The molecule has 0 aliphatic heterocycles. The highest BCUT2D eigenvalue weighted by Gasteiger charge is 2.18. The van der Waals surface area contributed by atoms with Crippen molar-refractivity contribution in [1.29, 1.82) is 0 Å². The molecule has 0 radical (unpaired) electrons. The molecule has 4 heteroatoms. The van der Waals surface area contributed by atoms with Crippen LogP contribution in [0.5, 0.6) is 0 Å². The van der Waals surface area contributed by atoms with E-state index in [1.165, 1.54) is 6.07 Å². The molecule has 0 aromatic heterocycles. The van der Waals surface area contributed by atoms with Crippen molar-refractivity contribution in [1.82, 2.24) is 0 Å². The maximum absolute atomic E-state index is 12.0. The fourth-order valence-electron chi connectivity index (χ4n) is 3.56. The SMILES string of the molecule is O=S(=O)(O)c1ccccc1-c1cccc(C=Cc2ccccc2)c1C=Cc1ccccc1. The lowest BCUT2D eigenvalue weighted by molar-refractivity contribution is 0.483. The Morgan fingerprint density at radius 1 is 0.531 bits per heavy atom. The van der Waals surface area contributed by atoms with Gasteiger partial charge in [-0.3, -0.25) is 4.55 Å². The molecular formula is C28H22O3S. The quantitative estimate of drug-likeness (QED) is 0.262. The van der Waals surface area contributed by atoms with Gasteiger partial charge < -0.3 is 0 Å². The first kappa shape index (κ1) is 21.5. The molecule has 0 aliphatic carbocycles. The van der Waals surface area contributed by atoms with Crippen LogP contribution in [0.1, 0.15) is 22.3 Å². The summed E-state index contributed by atoms with van der Waals surface area (Å²) in [5, 5.41) is 0. The molecule has 158 valence electrons. The lowest BCUT2D eigenvalue weighted by Crippen LogP contribution is -2.01. The van der Waals surface area contributed by atoms with Crippen molar-refractivity contribution in [3.8, 4) is 11.1 Å². The monoisotopic (exact) mass is 438 g/mol. The second-order valence-corrected chi connectivity index (χ2v) is 8.66. The summed E-state index contributed by atoms with van der Waals surface area (Å²) in [4.78, 5) is -0.112. The molecule has 0 amide bonds. The van der Waals surface area contributed by atoms with Gasteiger partial charge in [-0.2, -0.15) is 8.42 Å². The van der Waals surface area contributed by atoms with Crippen LogP contribution >= 0.6 is 0 Å². The predicted molar refractivity (Wildman–Crippen MR) is 132 cm³/mol. The smallest absolute Gasteiger partial charge is 0.282 e. The van der Waals surface area contributed by atoms with Crippen LogP contribution in [0.2, 0.25) is 0 Å². The van der Waals surface area contributed by atoms with E-state index in [1.807, 2.05) is 103 Å². The Morgan fingerprint density at radius 3 is 1.69 bits per heavy atom. The summed E-state index contributed by atoms with van der Waals surface area (Å²) in [7, 11) is -4.38. The molecule has 4 aromatic rings. The zero-order valence-electron chi connectivity index (χ0n) is 17.3. The summed E-state index contributed by atoms with van der Waals surface area (Å²) in [5.41, 5.74) is 5.07. The van der Waals surface area contributed by atoms with Crippen molar-refractivity contribution in [2.24, 2.45) is 0 Å². The lowest BCUT2D eigenvalue weighted by Gasteiger charge is -2.13. The Morgan fingerprint density at radius 2 is 1.06 bits per heavy atom. The van der Waals surface area contributed by atoms with Crippen LogP contribution in [0, 0.1) is 0 Å². The lowest BCUT2D eigenvalue weighted by atomic mass is 9.94. The van der Waals surface area contributed by atoms with Gasteiger partial charge in [-0.15, -0.1) is 0 Å². The first-order valence-electron chi connectivity index (χ1n) is 10.2. The van der Waals surface area contributed by atoms with Gasteiger partial charge in [0.1, 0.15) is 4.90 Å². The average Bonchev–Trinajstić information content (AvgIpc) is 2.82. The summed E-state index contributed by atoms with van der Waals surface area (Å²) in [6, 6.07) is 32.1. The second kappa shape index (κ2) is 9.60. The van der Waals surface area contributed by atoms with Crippen LogP contribution in [-0.2, 0) is 10.1 Å². The van der Waals surface area contributed by atoms with E-state index < -0.39 is 10.1 Å². The van der Waals surface area contributed by atoms with E-state index in [4.69, 9.17) is 0 Å². The van der Waals surface area contributed by atoms with Crippen LogP contribution in [0.3, 0.4) is 0 Å². The maximum atomic E-state index is 12.0. The molecule has 0 heterocycles. The third-order valence-electron chi connectivity index (χ3n) is 5.09. The number of rotatable bonds is 6. The minimum Gasteiger partial charge on any atom is -0.282 e. The van der Waals surface area contributed by atoms with Gasteiger partial charge in [-0.1, -0.05) is 121 Å². The van der Waals surface area contributed by atoms with Crippen molar-refractivity contribution in [2.45, 2.75) is 4.90 Å². The molecule has 4 aromatic carbocycles. The Hall–Kier alpha value is -3.73. The number of hydrogen-bond acceptors (Lipinski definition) is 2. The standard InChI is InChI=1S/C28H22O3S/c29-32(30,31)28-17-8-7-15-27(28)26-16-9-14-24(20-18-22-10-3-1-4-11-22)25(26)21-19-23-12-5-2-6-13-23/h1-21H,(H,29,30,31). The summed E-state index contributed by atoms with van der Waals surface area (Å²) in [5.74, 6) is 0. The van der Waals surface area contributed by atoms with Gasteiger partial charge in [0.05, 0.1) is 0 Å². The van der Waals surface area contributed by atoms with E-state index in [2.05, 4.69) is 0 Å². The van der Waals surface area contributed by atoms with E-state index in [9.17, 15) is 13.0 Å². The van der Waals surface area contributed by atoms with Gasteiger partial charge in [0, 0.05) is 5.56 Å². The van der Waals surface area contributed by atoms with E-state index in [-0.39, 0.29) is 4.90 Å². The van der Waals surface area contributed by atoms with E-state index in [0.29, 0.717) is 5.56 Å². The van der Waals surface area contributed by atoms with Crippen molar-refractivity contribution in [3.63, 3.8) is 0 Å². The Balaban J connectivity index is 1.89. The van der Waals surface area contributed by atoms with E-state index >= 15 is 0 Å². The largest absolute Gasteiger partial charge is 0.295 e. The van der Waals surface area contributed by atoms with Gasteiger partial charge in [0.25, 0.3) is 10.1 Å². The summed E-state index contributed by atoms with van der Waals surface area (Å²) in [6.07, 6.45) is 8.01. The van der Waals surface area contributed by atoms with Crippen LogP contribution in [0.4, 0.5) is 0 Å². The second-order valence-electron chi connectivity index (χ2n) is 7.27. The highest BCUT2D eigenvalue weighted by molar-refractivity contribution is 7.86. The van der Waals surface area contributed by atoms with Gasteiger partial charge in [-0.25, -0.2) is 0 Å². The van der Waals surface area contributed by atoms with Crippen LogP contribution in [-0.4, -0.2) is 13.0 Å². The fourth-order valence-corrected chi connectivity index (χ4v) is 4.26. The molecule has 32 heavy (non-hydrogen) atoms. The Bertz CT molecular complexity index is 1370. The molecule has 0 bridgehead atoms. The molecule has 0 saturated carbocycles. The first-order chi connectivity index (χ1) is 15.5. The average molecular weight is 439 g/mol. The normalized spacial score (nSPS) is 11.9. The molecule has 0 atom stereocenters. The topological polar surface area (TPSA) is 54.4 Å². The molecule has 0 saturated heterocycles. The fraction of sp³-hybridized carbons (Fsp3) is 0. The highest BCUT2D eigenvalue weighted by Crippen LogP contribution is 2.33. The number of hydrogen-bond donors (Lipinski definition) is 1. The third kappa shape index (κ3) is 5.11.